The van der Waals surface area contributed by atoms with Crippen molar-refractivity contribution < 1.29 is 9.53 Å². The number of hydrogen-bond acceptors (Lipinski definition) is 6. The smallest absolute Gasteiger partial charge is 0.268 e. The van der Waals surface area contributed by atoms with E-state index in [4.69, 9.17) is 4.74 Å². The van der Waals surface area contributed by atoms with Gasteiger partial charge in [0.25, 0.3) is 5.91 Å². The molecule has 164 valence electrons. The Labute approximate surface area is 189 Å². The second kappa shape index (κ2) is 10.1. The van der Waals surface area contributed by atoms with Gasteiger partial charge in [-0.2, -0.15) is 11.8 Å². The largest absolute Gasteiger partial charge is 0.483 e. The van der Waals surface area contributed by atoms with E-state index in [1.807, 2.05) is 65.4 Å². The normalized spacial score (nSPS) is 11.9. The van der Waals surface area contributed by atoms with Crippen molar-refractivity contribution in [3.63, 3.8) is 0 Å². The first kappa shape index (κ1) is 21.6. The maximum Gasteiger partial charge on any atom is 0.268 e. The van der Waals surface area contributed by atoms with Crippen LogP contribution in [-0.2, 0) is 6.61 Å². The van der Waals surface area contributed by atoms with Gasteiger partial charge < -0.3 is 15.0 Å². The lowest BCUT2D eigenvalue weighted by Gasteiger charge is -2.17. The summed E-state index contributed by atoms with van der Waals surface area (Å²) in [5, 5.41) is 11.4. The zero-order valence-electron chi connectivity index (χ0n) is 17.5. The van der Waals surface area contributed by atoms with E-state index in [1.54, 1.807) is 11.8 Å². The number of fused-ring (bicyclic) bond motifs is 1. The second-order valence-electron chi connectivity index (χ2n) is 7.14. The van der Waals surface area contributed by atoms with Crippen LogP contribution < -0.4 is 15.5 Å². The van der Waals surface area contributed by atoms with E-state index in [1.165, 1.54) is 12.3 Å². The Morgan fingerprint density at radius 1 is 1.19 bits per heavy atom. The number of amides is 1. The highest BCUT2D eigenvalue weighted by molar-refractivity contribution is 7.98. The van der Waals surface area contributed by atoms with Crippen LogP contribution in [0.1, 0.15) is 34.3 Å². The molecule has 1 atom stereocenters. The third-order valence-corrected chi connectivity index (χ3v) is 5.57. The molecule has 8 nitrogen and oxygen atoms in total. The number of nitrogens with zero attached hydrogens (tertiary/aromatic N) is 3. The van der Waals surface area contributed by atoms with E-state index in [-0.39, 0.29) is 29.5 Å². The van der Waals surface area contributed by atoms with E-state index >= 15 is 0 Å². The maximum atomic E-state index is 12.9. The Morgan fingerprint density at radius 3 is 2.78 bits per heavy atom. The van der Waals surface area contributed by atoms with Crippen LogP contribution in [0.3, 0.4) is 0 Å². The van der Waals surface area contributed by atoms with E-state index in [0.29, 0.717) is 17.9 Å². The van der Waals surface area contributed by atoms with Crippen molar-refractivity contribution in [1.29, 1.82) is 0 Å². The molecule has 0 aliphatic carbocycles. The molecule has 9 heteroatoms. The van der Waals surface area contributed by atoms with Crippen LogP contribution in [0.15, 0.2) is 71.8 Å². The highest BCUT2D eigenvalue weighted by atomic mass is 32.2. The summed E-state index contributed by atoms with van der Waals surface area (Å²) in [7, 11) is 0. The first-order valence-electron chi connectivity index (χ1n) is 10.1. The van der Waals surface area contributed by atoms with Gasteiger partial charge in [0, 0.05) is 18.5 Å². The average Bonchev–Trinajstić information content (AvgIpc) is 3.25. The SMILES string of the molecule is CSCC[C@H](NC(=O)c1cc(=O)c(OCc2ccccc2)c[nH]1)c1nnc2ccccn12. The summed E-state index contributed by atoms with van der Waals surface area (Å²) in [4.78, 5) is 28.3. The second-order valence-corrected chi connectivity index (χ2v) is 8.13. The van der Waals surface area contributed by atoms with Gasteiger partial charge in [0.1, 0.15) is 12.3 Å². The average molecular weight is 450 g/mol. The number of rotatable bonds is 9. The van der Waals surface area contributed by atoms with Crippen LogP contribution in [-0.4, -0.2) is 37.5 Å². The molecule has 2 N–H and O–H groups in total. The number of aromatic amines is 1. The van der Waals surface area contributed by atoms with E-state index in [9.17, 15) is 9.59 Å². The number of carbonyl (C=O) groups is 1. The molecule has 0 aliphatic rings. The van der Waals surface area contributed by atoms with Gasteiger partial charge in [0.15, 0.2) is 17.2 Å². The maximum absolute atomic E-state index is 12.9. The van der Waals surface area contributed by atoms with Crippen LogP contribution in [0, 0.1) is 0 Å². The van der Waals surface area contributed by atoms with Crippen LogP contribution in [0.2, 0.25) is 0 Å². The number of nitrogens with one attached hydrogen (secondary N) is 2. The van der Waals surface area contributed by atoms with E-state index < -0.39 is 5.91 Å². The summed E-state index contributed by atoms with van der Waals surface area (Å²) in [6, 6.07) is 16.1. The van der Waals surface area contributed by atoms with Crippen molar-refractivity contribution in [2.75, 3.05) is 12.0 Å². The molecule has 32 heavy (non-hydrogen) atoms. The summed E-state index contributed by atoms with van der Waals surface area (Å²) in [5.41, 5.74) is 1.45. The zero-order chi connectivity index (χ0) is 22.3. The Hall–Kier alpha value is -3.59. The molecule has 0 radical (unpaired) electrons. The fraction of sp³-hybridized carbons (Fsp3) is 0.217. The Kier molecular flexibility index (Phi) is 6.86. The fourth-order valence-corrected chi connectivity index (χ4v) is 3.74. The molecule has 4 aromatic rings. The Bertz CT molecular complexity index is 1260. The number of thioether (sulfide) groups is 1. The molecule has 1 amide bonds. The van der Waals surface area contributed by atoms with Crippen molar-refractivity contribution in [1.82, 2.24) is 24.9 Å². The number of aromatic nitrogens is 4. The van der Waals surface area contributed by atoms with Gasteiger partial charge in [-0.1, -0.05) is 36.4 Å². The Morgan fingerprint density at radius 2 is 2.00 bits per heavy atom. The number of ether oxygens (including phenoxy) is 1. The molecule has 3 heterocycles. The predicted octanol–water partition coefficient (Wildman–Crippen LogP) is 3.22. The number of carbonyl (C=O) groups excluding carboxylic acids is 1. The standard InChI is InChI=1S/C23H23N5O3S/c1-32-12-10-17(22-27-26-21-9-5-6-11-28(21)22)25-23(30)18-13-19(29)20(14-24-18)31-15-16-7-3-2-4-8-16/h2-9,11,13-14,17H,10,12,15H2,1H3,(H,24,29)(H,25,30)/t17-/m0/s1. The highest BCUT2D eigenvalue weighted by Crippen LogP contribution is 2.19. The van der Waals surface area contributed by atoms with Gasteiger partial charge in [-0.25, -0.2) is 0 Å². The minimum atomic E-state index is -0.393. The Balaban J connectivity index is 1.49. The van der Waals surface area contributed by atoms with Crippen LogP contribution >= 0.6 is 11.8 Å². The molecule has 0 aliphatic heterocycles. The monoisotopic (exact) mass is 449 g/mol. The van der Waals surface area contributed by atoms with Crippen molar-refractivity contribution in [3.05, 3.63) is 94.3 Å². The summed E-state index contributed by atoms with van der Waals surface area (Å²) < 4.78 is 7.45. The van der Waals surface area contributed by atoms with Crippen molar-refractivity contribution in [3.8, 4) is 5.75 Å². The van der Waals surface area contributed by atoms with Crippen LogP contribution in [0.5, 0.6) is 5.75 Å². The summed E-state index contributed by atoms with van der Waals surface area (Å²) >= 11 is 1.68. The molecule has 0 saturated heterocycles. The zero-order valence-corrected chi connectivity index (χ0v) is 18.3. The van der Waals surface area contributed by atoms with Crippen molar-refractivity contribution in [2.24, 2.45) is 0 Å². The number of benzene rings is 1. The lowest BCUT2D eigenvalue weighted by atomic mass is 10.2. The lowest BCUT2D eigenvalue weighted by Crippen LogP contribution is -2.31. The quantitative estimate of drug-likeness (QED) is 0.407. The molecular weight excluding hydrogens is 426 g/mol. The van der Waals surface area contributed by atoms with Crippen molar-refractivity contribution >= 4 is 23.3 Å². The molecule has 1 aromatic carbocycles. The third kappa shape index (κ3) is 5.00. The topological polar surface area (TPSA) is 101 Å². The van der Waals surface area contributed by atoms with Crippen molar-refractivity contribution in [2.45, 2.75) is 19.1 Å². The molecule has 0 fully saturated rings. The van der Waals surface area contributed by atoms with Gasteiger partial charge in [-0.15, -0.1) is 10.2 Å². The minimum Gasteiger partial charge on any atom is -0.483 e. The van der Waals surface area contributed by atoms with E-state index in [2.05, 4.69) is 20.5 Å². The molecule has 0 saturated carbocycles. The van der Waals surface area contributed by atoms with Gasteiger partial charge in [-0.3, -0.25) is 14.0 Å². The van der Waals surface area contributed by atoms with Crippen LogP contribution in [0.25, 0.3) is 5.65 Å². The molecular formula is C23H23N5O3S. The summed E-state index contributed by atoms with van der Waals surface area (Å²) in [6.45, 7) is 0.270. The highest BCUT2D eigenvalue weighted by Gasteiger charge is 2.21. The third-order valence-electron chi connectivity index (χ3n) is 4.93. The first-order chi connectivity index (χ1) is 15.7. The van der Waals surface area contributed by atoms with Gasteiger partial charge in [-0.05, 0) is 36.1 Å². The lowest BCUT2D eigenvalue weighted by molar-refractivity contribution is 0.0928. The van der Waals surface area contributed by atoms with E-state index in [0.717, 1.165) is 11.3 Å². The van der Waals surface area contributed by atoms with Gasteiger partial charge in [0.05, 0.1) is 6.04 Å². The number of pyridine rings is 2. The van der Waals surface area contributed by atoms with Gasteiger partial charge >= 0.3 is 0 Å². The first-order valence-corrected chi connectivity index (χ1v) is 11.5. The fourth-order valence-electron chi connectivity index (χ4n) is 3.27. The molecule has 0 bridgehead atoms. The molecule has 0 unspecified atom stereocenters. The summed E-state index contributed by atoms with van der Waals surface area (Å²) in [6.07, 6.45) is 5.96. The molecule has 0 spiro atoms. The predicted molar refractivity (Wildman–Crippen MR) is 124 cm³/mol. The minimum absolute atomic E-state index is 0.157. The van der Waals surface area contributed by atoms with Gasteiger partial charge in [0.2, 0.25) is 5.43 Å². The summed E-state index contributed by atoms with van der Waals surface area (Å²) in [5.74, 6) is 1.24. The van der Waals surface area contributed by atoms with Crippen LogP contribution in [0.4, 0.5) is 0 Å². The number of H-pyrrole nitrogens is 1. The molecule has 3 aromatic heterocycles. The molecule has 4 rings (SSSR count). The number of hydrogen-bond donors (Lipinski definition) is 2.